The molecule has 3 aliphatic heterocycles. The zero-order valence-corrected chi connectivity index (χ0v) is 22.3. The van der Waals surface area contributed by atoms with Crippen molar-refractivity contribution in [1.29, 1.82) is 0 Å². The van der Waals surface area contributed by atoms with Gasteiger partial charge in [-0.15, -0.1) is 0 Å². The van der Waals surface area contributed by atoms with Crippen LogP contribution in [-0.4, -0.2) is 29.6 Å². The normalized spacial score (nSPS) is 33.6. The Kier molecular flexibility index (Phi) is 6.27. The molecule has 0 amide bonds. The van der Waals surface area contributed by atoms with E-state index >= 15 is 0 Å². The maximum absolute atomic E-state index is 3.84. The van der Waals surface area contributed by atoms with E-state index in [0.29, 0.717) is 30.0 Å². The quantitative estimate of drug-likeness (QED) is 0.468. The number of nitrogens with one attached hydrogen (secondary N) is 2. The maximum atomic E-state index is 3.84. The second-order valence-corrected chi connectivity index (χ2v) is 12.8. The minimum atomic E-state index is 0.182. The summed E-state index contributed by atoms with van der Waals surface area (Å²) in [5.41, 5.74) is 6.79. The van der Waals surface area contributed by atoms with Gasteiger partial charge in [0.05, 0.1) is 0 Å². The Labute approximate surface area is 198 Å². The van der Waals surface area contributed by atoms with Gasteiger partial charge in [0.2, 0.25) is 0 Å². The highest BCUT2D eigenvalue weighted by atomic mass is 15.2. The van der Waals surface area contributed by atoms with Crippen molar-refractivity contribution in [2.75, 3.05) is 6.54 Å². The lowest BCUT2D eigenvalue weighted by Crippen LogP contribution is -2.50. The molecule has 0 bridgehead atoms. The number of rotatable bonds is 7. The van der Waals surface area contributed by atoms with Crippen molar-refractivity contribution < 1.29 is 0 Å². The van der Waals surface area contributed by atoms with Gasteiger partial charge in [-0.1, -0.05) is 60.6 Å². The summed E-state index contributed by atoms with van der Waals surface area (Å²) in [5.74, 6) is 1.99. The van der Waals surface area contributed by atoms with E-state index in [1.165, 1.54) is 37.8 Å². The third-order valence-electron chi connectivity index (χ3n) is 9.13. The van der Waals surface area contributed by atoms with Gasteiger partial charge in [-0.2, -0.15) is 0 Å². The Morgan fingerprint density at radius 3 is 2.47 bits per heavy atom. The lowest BCUT2D eigenvalue weighted by molar-refractivity contribution is 0.0854. The van der Waals surface area contributed by atoms with Gasteiger partial charge in [-0.05, 0) is 69.3 Å². The lowest BCUT2D eigenvalue weighted by atomic mass is 9.75. The van der Waals surface area contributed by atoms with E-state index in [9.17, 15) is 0 Å². The van der Waals surface area contributed by atoms with Crippen LogP contribution in [0.4, 0.5) is 0 Å². The van der Waals surface area contributed by atoms with E-state index < -0.39 is 0 Å². The molecule has 3 nitrogen and oxygen atoms in total. The molecule has 4 rings (SSSR count). The second-order valence-electron chi connectivity index (χ2n) is 12.8. The minimum Gasteiger partial charge on any atom is -0.388 e. The molecule has 0 saturated heterocycles. The van der Waals surface area contributed by atoms with E-state index in [1.807, 2.05) is 0 Å². The van der Waals surface area contributed by atoms with Crippen LogP contribution in [0, 0.1) is 28.6 Å². The molecule has 0 radical (unpaired) electrons. The molecule has 0 aromatic rings. The first kappa shape index (κ1) is 23.8. The van der Waals surface area contributed by atoms with Crippen molar-refractivity contribution in [2.24, 2.45) is 28.6 Å². The van der Waals surface area contributed by atoms with E-state index in [4.69, 9.17) is 0 Å². The minimum absolute atomic E-state index is 0.182. The standard InChI is InChI=1S/C29H49N3/c1-18(2)23-10-11-24(31-23)21(6)16-28(7,8)25-12-13-26(32(25)19(3)4)29(9)17-20(5)22-14-15-30-27(22)29/h10,12,18-21,24,26,30-31H,11,13-17H2,1-9H3/t20-,21-,24?,26?,29+/m0/s1. The van der Waals surface area contributed by atoms with E-state index in [1.54, 1.807) is 17.0 Å². The summed E-state index contributed by atoms with van der Waals surface area (Å²) in [6.45, 7) is 23.0. The van der Waals surface area contributed by atoms with Crippen LogP contribution in [0.3, 0.4) is 0 Å². The zero-order valence-electron chi connectivity index (χ0n) is 22.3. The van der Waals surface area contributed by atoms with Gasteiger partial charge in [0.1, 0.15) is 0 Å². The van der Waals surface area contributed by atoms with Gasteiger partial charge in [-0.25, -0.2) is 0 Å². The third-order valence-corrected chi connectivity index (χ3v) is 9.13. The highest BCUT2D eigenvalue weighted by Gasteiger charge is 2.52. The van der Waals surface area contributed by atoms with E-state index in [-0.39, 0.29) is 10.8 Å². The van der Waals surface area contributed by atoms with E-state index in [2.05, 4.69) is 90.0 Å². The summed E-state index contributed by atoms with van der Waals surface area (Å²) in [6, 6.07) is 1.69. The summed E-state index contributed by atoms with van der Waals surface area (Å²) in [6.07, 6.45) is 11.2. The molecule has 32 heavy (non-hydrogen) atoms. The number of hydrogen-bond acceptors (Lipinski definition) is 3. The summed E-state index contributed by atoms with van der Waals surface area (Å²) in [4.78, 5) is 2.83. The molecule has 3 heterocycles. The molecule has 5 atom stereocenters. The first-order valence-corrected chi connectivity index (χ1v) is 13.4. The Hall–Kier alpha value is -1.38. The predicted octanol–water partition coefficient (Wildman–Crippen LogP) is 6.60. The van der Waals surface area contributed by atoms with Gasteiger partial charge in [-0.3, -0.25) is 0 Å². The fourth-order valence-electron chi connectivity index (χ4n) is 7.64. The molecule has 180 valence electrons. The number of nitrogens with zero attached hydrogens (tertiary/aromatic N) is 1. The average Bonchev–Trinajstić information content (AvgIpc) is 3.48. The Morgan fingerprint density at radius 2 is 1.84 bits per heavy atom. The first-order chi connectivity index (χ1) is 15.0. The highest BCUT2D eigenvalue weighted by molar-refractivity contribution is 5.37. The fourth-order valence-corrected chi connectivity index (χ4v) is 7.64. The predicted molar refractivity (Wildman–Crippen MR) is 137 cm³/mol. The van der Waals surface area contributed by atoms with Crippen molar-refractivity contribution in [3.05, 3.63) is 34.8 Å². The topological polar surface area (TPSA) is 27.3 Å². The number of hydrogen-bond donors (Lipinski definition) is 2. The summed E-state index contributed by atoms with van der Waals surface area (Å²) in [7, 11) is 0. The van der Waals surface area contributed by atoms with Gasteiger partial charge in [0.25, 0.3) is 0 Å². The van der Waals surface area contributed by atoms with Crippen LogP contribution in [0.1, 0.15) is 94.4 Å². The SMILES string of the molecule is CC(C)C1=CCC([C@@H](C)CC(C)(C)C2=CCC([C@@]3(C)C[C@H](C)C4=C3NCC4)N2C(C)C)N1. The van der Waals surface area contributed by atoms with Crippen molar-refractivity contribution in [3.8, 4) is 0 Å². The van der Waals surface area contributed by atoms with Gasteiger partial charge >= 0.3 is 0 Å². The lowest BCUT2D eigenvalue weighted by Gasteiger charge is -2.48. The summed E-state index contributed by atoms with van der Waals surface area (Å²) in [5, 5.41) is 7.67. The smallest absolute Gasteiger partial charge is 0.0433 e. The van der Waals surface area contributed by atoms with Crippen molar-refractivity contribution >= 4 is 0 Å². The third kappa shape index (κ3) is 3.92. The largest absolute Gasteiger partial charge is 0.388 e. The Morgan fingerprint density at radius 1 is 1.12 bits per heavy atom. The van der Waals surface area contributed by atoms with Crippen molar-refractivity contribution in [2.45, 2.75) is 113 Å². The summed E-state index contributed by atoms with van der Waals surface area (Å²) < 4.78 is 0. The molecule has 3 heteroatoms. The molecule has 0 aromatic heterocycles. The van der Waals surface area contributed by atoms with Gasteiger partial charge < -0.3 is 15.5 Å². The maximum Gasteiger partial charge on any atom is 0.0433 e. The fraction of sp³-hybridized carbons (Fsp3) is 0.793. The monoisotopic (exact) mass is 439 g/mol. The van der Waals surface area contributed by atoms with Crippen LogP contribution >= 0.6 is 0 Å². The van der Waals surface area contributed by atoms with Crippen LogP contribution in [0.2, 0.25) is 0 Å². The van der Waals surface area contributed by atoms with Crippen LogP contribution in [-0.2, 0) is 0 Å². The molecule has 2 N–H and O–H groups in total. The molecule has 2 unspecified atom stereocenters. The number of allylic oxidation sites excluding steroid dienone is 2. The van der Waals surface area contributed by atoms with Crippen LogP contribution < -0.4 is 10.6 Å². The molecular weight excluding hydrogens is 390 g/mol. The van der Waals surface area contributed by atoms with Crippen molar-refractivity contribution in [3.63, 3.8) is 0 Å². The van der Waals surface area contributed by atoms with Crippen molar-refractivity contribution in [1.82, 2.24) is 15.5 Å². The van der Waals surface area contributed by atoms with Crippen LogP contribution in [0.5, 0.6) is 0 Å². The average molecular weight is 440 g/mol. The molecule has 0 saturated carbocycles. The van der Waals surface area contributed by atoms with Gasteiger partial charge in [0, 0.05) is 52.6 Å². The molecule has 4 aliphatic rings. The molecule has 0 fully saturated rings. The zero-order chi connectivity index (χ0) is 23.4. The second kappa shape index (κ2) is 8.44. The Balaban J connectivity index is 1.51. The molecule has 0 aromatic carbocycles. The molecular formula is C29H49N3. The Bertz CT molecular complexity index is 814. The van der Waals surface area contributed by atoms with Gasteiger partial charge in [0.15, 0.2) is 0 Å². The molecule has 1 aliphatic carbocycles. The highest BCUT2D eigenvalue weighted by Crippen LogP contribution is 2.55. The molecule has 0 spiro atoms. The summed E-state index contributed by atoms with van der Waals surface area (Å²) >= 11 is 0. The van der Waals surface area contributed by atoms with E-state index in [0.717, 1.165) is 12.5 Å². The van der Waals surface area contributed by atoms with Crippen LogP contribution in [0.15, 0.2) is 34.8 Å². The first-order valence-electron chi connectivity index (χ1n) is 13.4. The van der Waals surface area contributed by atoms with Crippen LogP contribution in [0.25, 0.3) is 0 Å².